The van der Waals surface area contributed by atoms with Crippen molar-refractivity contribution < 1.29 is 0 Å². The van der Waals surface area contributed by atoms with Crippen molar-refractivity contribution >= 4 is 0 Å². The monoisotopic (exact) mass is 244 g/mol. The van der Waals surface area contributed by atoms with Crippen LogP contribution in [0.15, 0.2) is 23.0 Å². The second-order valence-electron chi connectivity index (χ2n) is 6.47. The van der Waals surface area contributed by atoms with E-state index in [-0.39, 0.29) is 5.56 Å². The second-order valence-corrected chi connectivity index (χ2v) is 6.47. The molecule has 3 heteroatoms. The van der Waals surface area contributed by atoms with Crippen LogP contribution in [-0.2, 0) is 6.54 Å². The number of fused-ring (bicyclic) bond motifs is 2. The molecule has 0 aromatic carbocycles. The fourth-order valence-electron chi connectivity index (χ4n) is 4.96. The zero-order valence-electron chi connectivity index (χ0n) is 11.0. The van der Waals surface area contributed by atoms with Crippen LogP contribution >= 0.6 is 0 Å². The van der Waals surface area contributed by atoms with Crippen LogP contribution in [0.4, 0.5) is 0 Å². The summed E-state index contributed by atoms with van der Waals surface area (Å²) in [4.78, 5) is 14.6. The molecule has 3 nitrogen and oxygen atoms in total. The molecule has 4 rings (SSSR count). The largest absolute Gasteiger partial charge is 0.312 e. The quantitative estimate of drug-likeness (QED) is 0.691. The lowest BCUT2D eigenvalue weighted by molar-refractivity contribution is 0.0600. The number of piperidine rings is 1. The molecule has 1 aliphatic carbocycles. The van der Waals surface area contributed by atoms with Crippen molar-refractivity contribution in [2.24, 2.45) is 17.8 Å². The number of aromatic nitrogens is 1. The fourth-order valence-corrected chi connectivity index (χ4v) is 4.96. The third-order valence-corrected chi connectivity index (χ3v) is 5.63. The van der Waals surface area contributed by atoms with Gasteiger partial charge in [-0.15, -0.1) is 0 Å². The topological polar surface area (TPSA) is 25.2 Å². The third-order valence-electron chi connectivity index (χ3n) is 5.63. The van der Waals surface area contributed by atoms with Crippen LogP contribution in [-0.4, -0.2) is 29.1 Å². The van der Waals surface area contributed by atoms with Gasteiger partial charge in [0, 0.05) is 36.8 Å². The Labute approximate surface area is 107 Å². The van der Waals surface area contributed by atoms with Gasteiger partial charge in [-0.1, -0.05) is 13.0 Å². The highest BCUT2D eigenvalue weighted by Gasteiger charge is 2.53. The van der Waals surface area contributed by atoms with Crippen molar-refractivity contribution in [3.8, 4) is 0 Å². The predicted molar refractivity (Wildman–Crippen MR) is 70.6 cm³/mol. The number of nitrogens with zero attached hydrogens (tertiary/aromatic N) is 2. The first-order valence-electron chi connectivity index (χ1n) is 7.07. The summed E-state index contributed by atoms with van der Waals surface area (Å²) in [7, 11) is 2.26. The molecule has 1 aromatic heterocycles. The van der Waals surface area contributed by atoms with Gasteiger partial charge in [-0.05, 0) is 37.3 Å². The lowest BCUT2D eigenvalue weighted by atomic mass is 9.72. The van der Waals surface area contributed by atoms with E-state index in [0.717, 1.165) is 24.9 Å². The molecule has 3 heterocycles. The molecular weight excluding hydrogens is 224 g/mol. The van der Waals surface area contributed by atoms with Crippen molar-refractivity contribution in [2.75, 3.05) is 13.6 Å². The summed E-state index contributed by atoms with van der Waals surface area (Å²) >= 11 is 0. The van der Waals surface area contributed by atoms with E-state index >= 15 is 0 Å². The van der Waals surface area contributed by atoms with Crippen molar-refractivity contribution in [3.63, 3.8) is 0 Å². The lowest BCUT2D eigenvalue weighted by Gasteiger charge is -2.47. The summed E-state index contributed by atoms with van der Waals surface area (Å²) in [5.74, 6) is 2.86. The Morgan fingerprint density at radius 1 is 1.28 bits per heavy atom. The second kappa shape index (κ2) is 3.47. The molecule has 0 radical (unpaired) electrons. The highest BCUT2D eigenvalue weighted by Crippen LogP contribution is 2.53. The summed E-state index contributed by atoms with van der Waals surface area (Å²) in [5.41, 5.74) is 1.47. The van der Waals surface area contributed by atoms with Gasteiger partial charge in [0.2, 0.25) is 0 Å². The SMILES string of the molecule is CC1CC2C3Cn4c(cccc4=O)C(CN2C)C13. The van der Waals surface area contributed by atoms with E-state index in [0.29, 0.717) is 17.9 Å². The average Bonchev–Trinajstić information content (AvgIpc) is 2.60. The van der Waals surface area contributed by atoms with Gasteiger partial charge in [0.15, 0.2) is 0 Å². The summed E-state index contributed by atoms with van der Waals surface area (Å²) in [6, 6.07) is 6.50. The molecule has 4 bridgehead atoms. The number of pyridine rings is 1. The van der Waals surface area contributed by atoms with Gasteiger partial charge in [0.25, 0.3) is 5.56 Å². The van der Waals surface area contributed by atoms with Gasteiger partial charge in [-0.2, -0.15) is 0 Å². The molecule has 0 N–H and O–H groups in total. The van der Waals surface area contributed by atoms with Gasteiger partial charge < -0.3 is 9.47 Å². The van der Waals surface area contributed by atoms with Gasteiger partial charge in [-0.25, -0.2) is 0 Å². The molecule has 1 saturated carbocycles. The molecule has 0 amide bonds. The standard InChI is InChI=1S/C15H20N2O/c1-9-6-13-11-8-17-12(4-3-5-14(17)18)10(15(9)11)7-16(13)2/h3-5,9-11,13,15H,6-8H2,1-2H3. The molecule has 1 saturated heterocycles. The van der Waals surface area contributed by atoms with Crippen LogP contribution < -0.4 is 5.56 Å². The highest BCUT2D eigenvalue weighted by atomic mass is 16.1. The van der Waals surface area contributed by atoms with E-state index in [9.17, 15) is 4.79 Å². The Kier molecular flexibility index (Phi) is 2.08. The minimum atomic E-state index is 0.193. The van der Waals surface area contributed by atoms with Crippen LogP contribution in [0.1, 0.15) is 25.0 Å². The van der Waals surface area contributed by atoms with Gasteiger partial charge in [0.05, 0.1) is 0 Å². The van der Waals surface area contributed by atoms with Crippen molar-refractivity contribution in [2.45, 2.75) is 31.8 Å². The molecule has 5 unspecified atom stereocenters. The number of likely N-dealkylation sites (N-methyl/N-ethyl adjacent to an activating group) is 1. The van der Waals surface area contributed by atoms with E-state index in [4.69, 9.17) is 0 Å². The fraction of sp³-hybridized carbons (Fsp3) is 0.667. The van der Waals surface area contributed by atoms with Crippen molar-refractivity contribution in [1.29, 1.82) is 0 Å². The van der Waals surface area contributed by atoms with Gasteiger partial charge in [-0.3, -0.25) is 4.79 Å². The van der Waals surface area contributed by atoms with E-state index in [1.807, 2.05) is 10.6 Å². The van der Waals surface area contributed by atoms with Crippen molar-refractivity contribution in [1.82, 2.24) is 9.47 Å². The van der Waals surface area contributed by atoms with Gasteiger partial charge >= 0.3 is 0 Å². The van der Waals surface area contributed by atoms with Crippen LogP contribution in [0, 0.1) is 17.8 Å². The Bertz CT molecular complexity index is 550. The zero-order valence-corrected chi connectivity index (χ0v) is 11.0. The minimum absolute atomic E-state index is 0.193. The molecule has 0 spiro atoms. The summed E-state index contributed by atoms with van der Waals surface area (Å²) in [5, 5.41) is 0. The Hall–Kier alpha value is -1.09. The van der Waals surface area contributed by atoms with E-state index in [2.05, 4.69) is 24.9 Å². The summed E-state index contributed by atoms with van der Waals surface area (Å²) in [6.07, 6.45) is 1.31. The number of hydrogen-bond donors (Lipinski definition) is 0. The Morgan fingerprint density at radius 3 is 2.94 bits per heavy atom. The van der Waals surface area contributed by atoms with Crippen LogP contribution in [0.25, 0.3) is 0 Å². The van der Waals surface area contributed by atoms with Crippen LogP contribution in [0.2, 0.25) is 0 Å². The minimum Gasteiger partial charge on any atom is -0.312 e. The Balaban J connectivity index is 1.91. The molecule has 2 fully saturated rings. The first kappa shape index (κ1) is 10.8. The van der Waals surface area contributed by atoms with Gasteiger partial charge in [0.1, 0.15) is 0 Å². The van der Waals surface area contributed by atoms with Crippen LogP contribution in [0.5, 0.6) is 0 Å². The molecule has 5 atom stereocenters. The lowest BCUT2D eigenvalue weighted by Crippen LogP contribution is -2.52. The number of rotatable bonds is 0. The maximum Gasteiger partial charge on any atom is 0.250 e. The average molecular weight is 244 g/mol. The maximum absolute atomic E-state index is 12.0. The predicted octanol–water partition coefficient (Wildman–Crippen LogP) is 1.53. The first-order chi connectivity index (χ1) is 8.66. The number of likely N-dealkylation sites (tertiary alicyclic amines) is 1. The van der Waals surface area contributed by atoms with E-state index < -0.39 is 0 Å². The molecule has 1 aromatic rings. The smallest absolute Gasteiger partial charge is 0.250 e. The zero-order chi connectivity index (χ0) is 12.4. The number of hydrogen-bond acceptors (Lipinski definition) is 2. The third kappa shape index (κ3) is 1.21. The van der Waals surface area contributed by atoms with Crippen molar-refractivity contribution in [3.05, 3.63) is 34.2 Å². The summed E-state index contributed by atoms with van der Waals surface area (Å²) < 4.78 is 2.05. The van der Waals surface area contributed by atoms with E-state index in [1.54, 1.807) is 6.07 Å². The molecule has 18 heavy (non-hydrogen) atoms. The molecule has 96 valence electrons. The molecule has 3 aliphatic rings. The molecular formula is C15H20N2O. The maximum atomic E-state index is 12.0. The van der Waals surface area contributed by atoms with Crippen LogP contribution in [0.3, 0.4) is 0 Å². The summed E-state index contributed by atoms with van der Waals surface area (Å²) in [6.45, 7) is 4.47. The highest BCUT2D eigenvalue weighted by molar-refractivity contribution is 5.22. The van der Waals surface area contributed by atoms with E-state index in [1.165, 1.54) is 12.1 Å². The molecule has 2 aliphatic heterocycles. The first-order valence-corrected chi connectivity index (χ1v) is 7.07. The normalized spacial score (nSPS) is 41.8. The Morgan fingerprint density at radius 2 is 2.11 bits per heavy atom.